The molecular formula is C22H24N4O3S. The molecule has 1 aliphatic heterocycles. The zero-order valence-corrected chi connectivity index (χ0v) is 17.6. The van der Waals surface area contributed by atoms with E-state index in [2.05, 4.69) is 20.4 Å². The minimum atomic E-state index is -2.92. The molecule has 156 valence electrons. The fraction of sp³-hybridized carbons (Fsp3) is 0.273. The molecule has 0 unspecified atom stereocenters. The summed E-state index contributed by atoms with van der Waals surface area (Å²) in [6.45, 7) is 3.03. The highest BCUT2D eigenvalue weighted by molar-refractivity contribution is 7.91. The van der Waals surface area contributed by atoms with E-state index in [1.165, 1.54) is 0 Å². The topological polar surface area (TPSA) is 95.2 Å². The summed E-state index contributed by atoms with van der Waals surface area (Å²) in [6, 6.07) is 15.1. The van der Waals surface area contributed by atoms with Crippen LogP contribution in [-0.4, -0.2) is 49.1 Å². The van der Waals surface area contributed by atoms with Crippen molar-refractivity contribution in [3.05, 3.63) is 65.9 Å². The molecule has 4 rings (SSSR count). The van der Waals surface area contributed by atoms with Gasteiger partial charge in [-0.25, -0.2) is 8.42 Å². The normalized spacial score (nSPS) is 15.7. The lowest BCUT2D eigenvalue weighted by molar-refractivity contribution is 0.102. The molecule has 0 bridgehead atoms. The molecule has 0 aliphatic carbocycles. The Hall–Kier alpha value is -3.13. The van der Waals surface area contributed by atoms with Crippen LogP contribution in [0.1, 0.15) is 22.8 Å². The maximum atomic E-state index is 12.8. The number of amides is 1. The van der Waals surface area contributed by atoms with Crippen LogP contribution in [0.4, 0.5) is 11.4 Å². The smallest absolute Gasteiger partial charge is 0.255 e. The summed E-state index contributed by atoms with van der Waals surface area (Å²) in [5.74, 6) is 0.182. The molecule has 0 atom stereocenters. The first-order valence-electron chi connectivity index (χ1n) is 9.94. The lowest BCUT2D eigenvalue weighted by atomic mass is 10.1. The van der Waals surface area contributed by atoms with Crippen molar-refractivity contribution in [2.24, 2.45) is 0 Å². The van der Waals surface area contributed by atoms with Crippen LogP contribution in [0.5, 0.6) is 0 Å². The van der Waals surface area contributed by atoms with Crippen molar-refractivity contribution in [2.45, 2.75) is 13.3 Å². The monoisotopic (exact) mass is 424 g/mol. The molecule has 8 heteroatoms. The van der Waals surface area contributed by atoms with E-state index in [4.69, 9.17) is 0 Å². The van der Waals surface area contributed by atoms with Crippen molar-refractivity contribution in [1.82, 2.24) is 10.2 Å². The van der Waals surface area contributed by atoms with Crippen molar-refractivity contribution in [3.63, 3.8) is 0 Å². The highest BCUT2D eigenvalue weighted by atomic mass is 32.2. The van der Waals surface area contributed by atoms with E-state index in [0.29, 0.717) is 18.7 Å². The van der Waals surface area contributed by atoms with Crippen LogP contribution >= 0.6 is 0 Å². The number of sulfone groups is 1. The molecular weight excluding hydrogens is 400 g/mol. The molecule has 0 spiro atoms. The van der Waals surface area contributed by atoms with Gasteiger partial charge in [-0.1, -0.05) is 19.1 Å². The Kier molecular flexibility index (Phi) is 5.59. The van der Waals surface area contributed by atoms with E-state index in [1.807, 2.05) is 49.4 Å². The molecule has 7 nitrogen and oxygen atoms in total. The number of hydrogen-bond acceptors (Lipinski definition) is 5. The Morgan fingerprint density at radius 2 is 1.93 bits per heavy atom. The van der Waals surface area contributed by atoms with Gasteiger partial charge in [0.2, 0.25) is 0 Å². The van der Waals surface area contributed by atoms with Crippen molar-refractivity contribution >= 4 is 27.1 Å². The van der Waals surface area contributed by atoms with Crippen molar-refractivity contribution in [3.8, 4) is 11.3 Å². The first kappa shape index (κ1) is 20.2. The van der Waals surface area contributed by atoms with E-state index in [9.17, 15) is 13.2 Å². The quantitative estimate of drug-likeness (QED) is 0.656. The second-order valence-corrected chi connectivity index (χ2v) is 9.64. The zero-order chi connectivity index (χ0) is 21.1. The van der Waals surface area contributed by atoms with Gasteiger partial charge in [0.25, 0.3) is 5.91 Å². The summed E-state index contributed by atoms with van der Waals surface area (Å²) in [5, 5.41) is 9.88. The molecule has 30 heavy (non-hydrogen) atoms. The van der Waals surface area contributed by atoms with Gasteiger partial charge in [-0.15, -0.1) is 0 Å². The summed E-state index contributed by atoms with van der Waals surface area (Å²) in [5.41, 5.74) is 5.08. The highest BCUT2D eigenvalue weighted by Crippen LogP contribution is 2.26. The molecule has 1 aliphatic rings. The largest absolute Gasteiger partial charge is 0.369 e. The third kappa shape index (κ3) is 4.38. The predicted octanol–water partition coefficient (Wildman–Crippen LogP) is 3.13. The van der Waals surface area contributed by atoms with E-state index in [0.717, 1.165) is 34.6 Å². The zero-order valence-electron chi connectivity index (χ0n) is 16.8. The van der Waals surface area contributed by atoms with Gasteiger partial charge in [-0.3, -0.25) is 9.89 Å². The third-order valence-electron chi connectivity index (χ3n) is 5.36. The van der Waals surface area contributed by atoms with Crippen molar-refractivity contribution in [1.29, 1.82) is 0 Å². The lowest BCUT2D eigenvalue weighted by Gasteiger charge is -2.29. The molecule has 0 saturated carbocycles. The number of anilines is 2. The van der Waals surface area contributed by atoms with Crippen LogP contribution < -0.4 is 10.2 Å². The first-order chi connectivity index (χ1) is 14.4. The minimum absolute atomic E-state index is 0.178. The van der Waals surface area contributed by atoms with Gasteiger partial charge in [-0.05, 0) is 48.4 Å². The minimum Gasteiger partial charge on any atom is -0.369 e. The number of nitrogens with zero attached hydrogens (tertiary/aromatic N) is 2. The molecule has 1 amide bonds. The molecule has 2 aromatic carbocycles. The Morgan fingerprint density at radius 3 is 2.63 bits per heavy atom. The van der Waals surface area contributed by atoms with Crippen LogP contribution in [0.2, 0.25) is 0 Å². The predicted molar refractivity (Wildman–Crippen MR) is 119 cm³/mol. The third-order valence-corrected chi connectivity index (χ3v) is 6.97. The maximum Gasteiger partial charge on any atom is 0.255 e. The molecule has 0 radical (unpaired) electrons. The number of aromatic nitrogens is 2. The van der Waals surface area contributed by atoms with Crippen LogP contribution in [-0.2, 0) is 16.3 Å². The molecule has 1 aromatic heterocycles. The van der Waals surface area contributed by atoms with Gasteiger partial charge in [0.05, 0.1) is 17.2 Å². The van der Waals surface area contributed by atoms with Crippen LogP contribution in [0, 0.1) is 0 Å². The van der Waals surface area contributed by atoms with Gasteiger partial charge in [0, 0.05) is 41.8 Å². The van der Waals surface area contributed by atoms with E-state index >= 15 is 0 Å². The van der Waals surface area contributed by atoms with Crippen molar-refractivity contribution in [2.75, 3.05) is 34.8 Å². The van der Waals surface area contributed by atoms with Gasteiger partial charge in [0.1, 0.15) is 0 Å². The lowest BCUT2D eigenvalue weighted by Crippen LogP contribution is -2.40. The first-order valence-corrected chi connectivity index (χ1v) is 11.8. The van der Waals surface area contributed by atoms with E-state index in [-0.39, 0.29) is 17.4 Å². The Bertz CT molecular complexity index is 1140. The summed E-state index contributed by atoms with van der Waals surface area (Å²) in [6.07, 6.45) is 2.43. The number of nitrogens with one attached hydrogen (secondary N) is 2. The molecule has 2 heterocycles. The number of H-pyrrole nitrogens is 1. The Labute approximate surface area is 176 Å². The second-order valence-electron chi connectivity index (χ2n) is 7.34. The van der Waals surface area contributed by atoms with Gasteiger partial charge < -0.3 is 10.2 Å². The molecule has 1 fully saturated rings. The molecule has 3 aromatic rings. The number of carbonyl (C=O) groups excluding carboxylic acids is 1. The van der Waals surface area contributed by atoms with Crippen LogP contribution in [0.25, 0.3) is 11.3 Å². The number of rotatable bonds is 5. The Morgan fingerprint density at radius 1 is 1.13 bits per heavy atom. The Balaban J connectivity index is 1.52. The summed E-state index contributed by atoms with van der Waals surface area (Å²) in [4.78, 5) is 14.9. The number of carbonyl (C=O) groups is 1. The van der Waals surface area contributed by atoms with E-state index < -0.39 is 9.84 Å². The van der Waals surface area contributed by atoms with Crippen molar-refractivity contribution < 1.29 is 13.2 Å². The standard InChI is InChI=1S/C22H24N4O3S/c1-2-16-15-19(26-10-12-30(28,29)13-11-26)6-7-20(16)24-22(27)18-5-3-4-17(14-18)21-8-9-23-25-21/h3-9,14-15H,2,10-13H2,1H3,(H,23,25)(H,24,27). The van der Waals surface area contributed by atoms with Gasteiger partial charge in [0.15, 0.2) is 9.84 Å². The average molecular weight is 425 g/mol. The average Bonchev–Trinajstić information content (AvgIpc) is 3.29. The van der Waals surface area contributed by atoms with Gasteiger partial charge in [-0.2, -0.15) is 5.10 Å². The number of aryl methyl sites for hydroxylation is 1. The molecule has 2 N–H and O–H groups in total. The summed E-state index contributed by atoms with van der Waals surface area (Å²) < 4.78 is 23.4. The van der Waals surface area contributed by atoms with Crippen LogP contribution in [0.3, 0.4) is 0 Å². The van der Waals surface area contributed by atoms with Crippen LogP contribution in [0.15, 0.2) is 54.7 Å². The maximum absolute atomic E-state index is 12.8. The highest BCUT2D eigenvalue weighted by Gasteiger charge is 2.22. The second kappa shape index (κ2) is 8.31. The number of hydrogen-bond donors (Lipinski definition) is 2. The summed E-state index contributed by atoms with van der Waals surface area (Å²) in [7, 11) is -2.92. The van der Waals surface area contributed by atoms with Gasteiger partial charge >= 0.3 is 0 Å². The SMILES string of the molecule is CCc1cc(N2CCS(=O)(=O)CC2)ccc1NC(=O)c1cccc(-c2ccn[nH]2)c1. The number of aromatic amines is 1. The fourth-order valence-corrected chi connectivity index (χ4v) is 4.80. The number of benzene rings is 2. The molecule has 1 saturated heterocycles. The van der Waals surface area contributed by atoms with E-state index in [1.54, 1.807) is 12.3 Å². The summed E-state index contributed by atoms with van der Waals surface area (Å²) >= 11 is 0. The fourth-order valence-electron chi connectivity index (χ4n) is 3.60.